The van der Waals surface area contributed by atoms with Crippen molar-refractivity contribution >= 4 is 24.1 Å². The van der Waals surface area contributed by atoms with Crippen LogP contribution in [0.15, 0.2) is 17.2 Å². The third-order valence-corrected chi connectivity index (χ3v) is 3.16. The average molecular weight is 337 g/mol. The molecule has 0 spiro atoms. The second-order valence-corrected chi connectivity index (χ2v) is 4.78. The van der Waals surface area contributed by atoms with Crippen LogP contribution in [-0.4, -0.2) is 39.7 Å². The Morgan fingerprint density at radius 1 is 1.57 bits per heavy atom. The van der Waals surface area contributed by atoms with Crippen molar-refractivity contribution in [2.75, 3.05) is 13.7 Å². The van der Waals surface area contributed by atoms with E-state index in [1.165, 1.54) is 24.1 Å². The maximum atomic E-state index is 11.2. The molecule has 0 bridgehead atoms. The zero-order valence-corrected chi connectivity index (χ0v) is 13.6. The van der Waals surface area contributed by atoms with Crippen LogP contribution < -0.4 is 9.47 Å². The highest BCUT2D eigenvalue weighted by atomic mass is 32.1. The van der Waals surface area contributed by atoms with Crippen molar-refractivity contribution in [2.24, 2.45) is 5.10 Å². The SMILES string of the molecule is CCOc1c(OC)cc(/C=N\n2c(C)n[nH]c2=S)cc1[N+](=O)[O-]. The Labute approximate surface area is 136 Å². The second-order valence-electron chi connectivity index (χ2n) is 4.39. The van der Waals surface area contributed by atoms with Crippen molar-refractivity contribution in [3.8, 4) is 11.5 Å². The zero-order chi connectivity index (χ0) is 17.0. The number of nitro groups is 1. The lowest BCUT2D eigenvalue weighted by molar-refractivity contribution is -0.385. The molecule has 23 heavy (non-hydrogen) atoms. The van der Waals surface area contributed by atoms with Crippen LogP contribution in [0.3, 0.4) is 0 Å². The number of aromatic nitrogens is 3. The number of aryl methyl sites for hydroxylation is 1. The molecule has 10 heteroatoms. The van der Waals surface area contributed by atoms with Crippen molar-refractivity contribution in [3.63, 3.8) is 0 Å². The number of hydrogen-bond donors (Lipinski definition) is 1. The molecule has 9 nitrogen and oxygen atoms in total. The molecule has 2 rings (SSSR count). The number of rotatable bonds is 6. The Bertz CT molecular complexity index is 811. The second kappa shape index (κ2) is 7.01. The van der Waals surface area contributed by atoms with Crippen LogP contribution in [0.25, 0.3) is 0 Å². The summed E-state index contributed by atoms with van der Waals surface area (Å²) in [5.74, 6) is 0.918. The molecule has 0 radical (unpaired) electrons. The fraction of sp³-hybridized carbons (Fsp3) is 0.308. The quantitative estimate of drug-likeness (QED) is 0.375. The molecule has 1 aromatic carbocycles. The summed E-state index contributed by atoms with van der Waals surface area (Å²) in [6.45, 7) is 3.75. The number of nitrogens with one attached hydrogen (secondary N) is 1. The van der Waals surface area contributed by atoms with Crippen LogP contribution in [0, 0.1) is 21.8 Å². The summed E-state index contributed by atoms with van der Waals surface area (Å²) >= 11 is 5.04. The predicted octanol–water partition coefficient (Wildman–Crippen LogP) is 2.45. The minimum absolute atomic E-state index is 0.0910. The highest BCUT2D eigenvalue weighted by Crippen LogP contribution is 2.37. The van der Waals surface area contributed by atoms with E-state index in [-0.39, 0.29) is 23.8 Å². The van der Waals surface area contributed by atoms with Crippen LogP contribution in [0.1, 0.15) is 18.3 Å². The minimum Gasteiger partial charge on any atom is -0.493 e. The standard InChI is InChI=1S/C13H15N5O4S/c1-4-22-12-10(18(19)20)5-9(6-11(12)21-3)7-14-17-8(2)15-16-13(17)23/h5-7H,4H2,1-3H3,(H,16,23)/b14-7-. The highest BCUT2D eigenvalue weighted by Gasteiger charge is 2.21. The number of aromatic amines is 1. The normalized spacial score (nSPS) is 10.9. The molecule has 0 atom stereocenters. The first-order valence-corrected chi connectivity index (χ1v) is 7.06. The van der Waals surface area contributed by atoms with E-state index in [0.29, 0.717) is 16.2 Å². The molecule has 0 aliphatic carbocycles. The summed E-state index contributed by atoms with van der Waals surface area (Å²) in [5, 5.41) is 21.9. The predicted molar refractivity (Wildman–Crippen MR) is 86.0 cm³/mol. The summed E-state index contributed by atoms with van der Waals surface area (Å²) in [5.41, 5.74) is 0.277. The zero-order valence-electron chi connectivity index (χ0n) is 12.8. The van der Waals surface area contributed by atoms with Gasteiger partial charge in [0.25, 0.3) is 0 Å². The van der Waals surface area contributed by atoms with Crippen molar-refractivity contribution in [3.05, 3.63) is 38.4 Å². The summed E-state index contributed by atoms with van der Waals surface area (Å²) in [4.78, 5) is 10.7. The van der Waals surface area contributed by atoms with Gasteiger partial charge in [0.15, 0.2) is 5.75 Å². The van der Waals surface area contributed by atoms with Gasteiger partial charge in [0.1, 0.15) is 5.82 Å². The largest absolute Gasteiger partial charge is 0.493 e. The van der Waals surface area contributed by atoms with E-state index in [0.717, 1.165) is 0 Å². The minimum atomic E-state index is -0.528. The number of nitro benzene ring substituents is 1. The number of H-pyrrole nitrogens is 1. The van der Waals surface area contributed by atoms with Crippen molar-refractivity contribution in [2.45, 2.75) is 13.8 Å². The number of hydrogen-bond acceptors (Lipinski definition) is 7. The van der Waals surface area contributed by atoms with E-state index in [4.69, 9.17) is 21.7 Å². The molecule has 122 valence electrons. The summed E-state index contributed by atoms with van der Waals surface area (Å²) in [6, 6.07) is 2.95. The van der Waals surface area contributed by atoms with Gasteiger partial charge in [-0.3, -0.25) is 15.2 Å². The van der Waals surface area contributed by atoms with Gasteiger partial charge in [-0.2, -0.15) is 14.9 Å². The van der Waals surface area contributed by atoms with Crippen LogP contribution >= 0.6 is 12.2 Å². The molecule has 0 saturated heterocycles. The van der Waals surface area contributed by atoms with Gasteiger partial charge >= 0.3 is 5.69 Å². The Kier molecular flexibility index (Phi) is 5.06. The van der Waals surface area contributed by atoms with Gasteiger partial charge < -0.3 is 9.47 Å². The Morgan fingerprint density at radius 2 is 2.30 bits per heavy atom. The molecule has 2 aromatic rings. The van der Waals surface area contributed by atoms with Gasteiger partial charge in [-0.05, 0) is 32.1 Å². The summed E-state index contributed by atoms with van der Waals surface area (Å²) < 4.78 is 12.2. The molecule has 1 N–H and O–H groups in total. The highest BCUT2D eigenvalue weighted by molar-refractivity contribution is 7.71. The van der Waals surface area contributed by atoms with Crippen LogP contribution in [0.4, 0.5) is 5.69 Å². The van der Waals surface area contributed by atoms with Gasteiger partial charge in [0.05, 0.1) is 24.9 Å². The van der Waals surface area contributed by atoms with Gasteiger partial charge in [-0.15, -0.1) is 0 Å². The number of methoxy groups -OCH3 is 1. The average Bonchev–Trinajstić information content (AvgIpc) is 2.84. The Balaban J connectivity index is 2.49. The molecule has 1 heterocycles. The van der Waals surface area contributed by atoms with Crippen molar-refractivity contribution in [1.82, 2.24) is 14.9 Å². The lowest BCUT2D eigenvalue weighted by Crippen LogP contribution is -2.02. The van der Waals surface area contributed by atoms with Gasteiger partial charge in [0, 0.05) is 11.6 Å². The third-order valence-electron chi connectivity index (χ3n) is 2.90. The van der Waals surface area contributed by atoms with Crippen molar-refractivity contribution < 1.29 is 14.4 Å². The topological polar surface area (TPSA) is 108 Å². The molecular weight excluding hydrogens is 322 g/mol. The van der Waals surface area contributed by atoms with E-state index in [9.17, 15) is 10.1 Å². The molecular formula is C13H15N5O4S. The van der Waals surface area contributed by atoms with E-state index < -0.39 is 4.92 Å². The first kappa shape index (κ1) is 16.6. The van der Waals surface area contributed by atoms with E-state index in [1.54, 1.807) is 19.9 Å². The fourth-order valence-corrected chi connectivity index (χ4v) is 2.12. The smallest absolute Gasteiger partial charge is 0.315 e. The van der Waals surface area contributed by atoms with Gasteiger partial charge in [-0.25, -0.2) is 0 Å². The monoisotopic (exact) mass is 337 g/mol. The Hall–Kier alpha value is -2.75. The van der Waals surface area contributed by atoms with Crippen LogP contribution in [0.5, 0.6) is 11.5 Å². The number of ether oxygens (including phenoxy) is 2. The molecule has 0 saturated carbocycles. The van der Waals surface area contributed by atoms with Crippen molar-refractivity contribution in [1.29, 1.82) is 0 Å². The maximum absolute atomic E-state index is 11.2. The molecule has 0 amide bonds. The molecule has 1 aromatic heterocycles. The lowest BCUT2D eigenvalue weighted by atomic mass is 10.2. The first-order chi connectivity index (χ1) is 11.0. The first-order valence-electron chi connectivity index (χ1n) is 6.65. The lowest BCUT2D eigenvalue weighted by Gasteiger charge is -2.10. The van der Waals surface area contributed by atoms with Gasteiger partial charge in [-0.1, -0.05) is 0 Å². The van der Waals surface area contributed by atoms with E-state index >= 15 is 0 Å². The van der Waals surface area contributed by atoms with E-state index in [2.05, 4.69) is 15.3 Å². The molecule has 0 aliphatic heterocycles. The molecule has 0 unspecified atom stereocenters. The third kappa shape index (κ3) is 3.54. The van der Waals surface area contributed by atoms with Crippen LogP contribution in [0.2, 0.25) is 0 Å². The van der Waals surface area contributed by atoms with E-state index in [1.807, 2.05) is 0 Å². The van der Waals surface area contributed by atoms with Crippen LogP contribution in [-0.2, 0) is 0 Å². The maximum Gasteiger partial charge on any atom is 0.315 e. The number of benzene rings is 1. The van der Waals surface area contributed by atoms with Gasteiger partial charge in [0.2, 0.25) is 10.5 Å². The Morgan fingerprint density at radius 3 is 2.83 bits per heavy atom. The number of nitrogens with zero attached hydrogens (tertiary/aromatic N) is 4. The fourth-order valence-electron chi connectivity index (χ4n) is 1.89. The molecule has 0 aliphatic rings. The summed E-state index contributed by atoms with van der Waals surface area (Å²) in [7, 11) is 1.42. The molecule has 0 fully saturated rings. The summed E-state index contributed by atoms with van der Waals surface area (Å²) in [6.07, 6.45) is 1.43.